The molecule has 1 aliphatic heterocycles. The molecule has 13 atom stereocenters. The van der Waals surface area contributed by atoms with E-state index in [2.05, 4.69) is 60.5 Å². The molecule has 0 radical (unpaired) electrons. The van der Waals surface area contributed by atoms with Crippen molar-refractivity contribution >= 4 is 95.5 Å². The van der Waals surface area contributed by atoms with E-state index in [-0.39, 0.29) is 56.2 Å². The van der Waals surface area contributed by atoms with Gasteiger partial charge in [0.15, 0.2) is 0 Å². The number of primary amides is 1. The van der Waals surface area contributed by atoms with Gasteiger partial charge in [0, 0.05) is 38.0 Å². The second kappa shape index (κ2) is 40.7. The van der Waals surface area contributed by atoms with Gasteiger partial charge in [0.1, 0.15) is 66.2 Å². The Hall–Kier alpha value is -8.17. The third-order valence-corrected chi connectivity index (χ3v) is 15.7. The number of unbranched alkanes of at least 4 members (excludes halogenated alkanes) is 1. The number of amides is 11. The van der Waals surface area contributed by atoms with Gasteiger partial charge in [0.05, 0.1) is 12.1 Å². The number of thiol groups is 1. The number of carboxylic acid groups (broad SMARTS) is 3. The van der Waals surface area contributed by atoms with E-state index in [0.717, 1.165) is 11.8 Å². The normalized spacial score (nSPS) is 16.8. The number of hydrogen-bond donors (Lipinski definition) is 18. The molecule has 33 heteroatoms. The van der Waals surface area contributed by atoms with Crippen LogP contribution < -0.4 is 65.1 Å². The summed E-state index contributed by atoms with van der Waals surface area (Å²) in [7, 11) is 0. The zero-order valence-corrected chi connectivity index (χ0v) is 54.7. The zero-order chi connectivity index (χ0) is 70.4. The number of hydrogen-bond acceptors (Lipinski definition) is 19. The Morgan fingerprint density at radius 1 is 0.570 bits per heavy atom. The van der Waals surface area contributed by atoms with Gasteiger partial charge in [-0.25, -0.2) is 4.79 Å². The average Bonchev–Trinajstić information content (AvgIpc) is 1.80. The van der Waals surface area contributed by atoms with Crippen LogP contribution in [0.25, 0.3) is 0 Å². The largest absolute Gasteiger partial charge is 0.508 e. The van der Waals surface area contributed by atoms with Crippen molar-refractivity contribution in [2.24, 2.45) is 35.0 Å². The standard InChI is InChI=1S/C60H97N13O19S/c1-8-32(6)48(60(91)92)71-56(87)42(28-34-14-16-35(75)17-15-34)69-51(82)37(18-21-45(63)76)65-57(88)44-13-11-25-73(44)59(90)43(29-93)70-52(83)38(19-22-46(77)78)66-58(89)49(33(7)74)72-53(84)39(20-23-47(79)80)64-54(85)41(27-31(4)5)68-55(86)40(26-30(2)3)67-50(81)36(62)12-9-10-24-61/h14-17,30-33,36-44,48-49,74-75,93H,8-13,18-29,61-62H2,1-7H3,(H2,63,76)(H,64,85)(H,65,88)(H,66,89)(H,67,81)(H,68,86)(H,69,82)(H,70,83)(H,71,87)(H,72,84)(H,77,78)(H,79,80)(H,91,92)/t32-,33+,36-,37-,38-,39-,40-,41-,42-,43-,44-,48-,49-/m0/s1. The highest BCUT2D eigenvalue weighted by Crippen LogP contribution is 2.21. The Balaban J connectivity index is 2.42. The van der Waals surface area contributed by atoms with Crippen LogP contribution in [0.2, 0.25) is 0 Å². The third kappa shape index (κ3) is 28.7. The number of aliphatic hydroxyl groups is 1. The molecule has 2 rings (SSSR count). The fraction of sp³-hybridized carbons (Fsp3) is 0.667. The summed E-state index contributed by atoms with van der Waals surface area (Å²) in [5, 5.41) is 72.0. The van der Waals surface area contributed by atoms with E-state index in [1.54, 1.807) is 41.5 Å². The Morgan fingerprint density at radius 2 is 1.01 bits per heavy atom. The topological polar surface area (TPSA) is 530 Å². The molecule has 1 aromatic rings. The van der Waals surface area contributed by atoms with Gasteiger partial charge in [-0.3, -0.25) is 62.3 Å². The summed E-state index contributed by atoms with van der Waals surface area (Å²) in [5.41, 5.74) is 17.5. The number of nitrogens with one attached hydrogen (secondary N) is 9. The molecule has 522 valence electrons. The molecule has 20 N–H and O–H groups in total. The minimum atomic E-state index is -1.99. The maximum absolute atomic E-state index is 14.3. The van der Waals surface area contributed by atoms with Crippen LogP contribution >= 0.6 is 12.6 Å². The van der Waals surface area contributed by atoms with Crippen molar-refractivity contribution in [1.82, 2.24) is 52.8 Å². The Labute approximate surface area is 545 Å². The van der Waals surface area contributed by atoms with Crippen LogP contribution in [0, 0.1) is 17.8 Å². The second-order valence-electron chi connectivity index (χ2n) is 24.1. The third-order valence-electron chi connectivity index (χ3n) is 15.3. The molecule has 11 amide bonds. The molecule has 0 spiro atoms. The number of aromatic hydroxyl groups is 1. The molecule has 93 heavy (non-hydrogen) atoms. The summed E-state index contributed by atoms with van der Waals surface area (Å²) in [4.78, 5) is 189. The highest BCUT2D eigenvalue weighted by Gasteiger charge is 2.41. The first-order valence-electron chi connectivity index (χ1n) is 31.2. The highest BCUT2D eigenvalue weighted by molar-refractivity contribution is 7.80. The summed E-state index contributed by atoms with van der Waals surface area (Å²) in [5.74, 6) is -16.4. The highest BCUT2D eigenvalue weighted by atomic mass is 32.1. The molecule has 1 heterocycles. The first kappa shape index (κ1) is 80.9. The predicted octanol–water partition coefficient (Wildman–Crippen LogP) is -2.73. The fourth-order valence-corrected chi connectivity index (χ4v) is 10.2. The Bertz CT molecular complexity index is 2740. The minimum Gasteiger partial charge on any atom is -0.508 e. The van der Waals surface area contributed by atoms with E-state index in [0.29, 0.717) is 37.8 Å². The number of carbonyl (C=O) groups excluding carboxylic acids is 11. The van der Waals surface area contributed by atoms with Gasteiger partial charge >= 0.3 is 17.9 Å². The van der Waals surface area contributed by atoms with E-state index in [9.17, 15) is 92.7 Å². The summed E-state index contributed by atoms with van der Waals surface area (Å²) in [6.45, 7) is 11.7. The number of aliphatic carboxylic acids is 3. The predicted molar refractivity (Wildman–Crippen MR) is 339 cm³/mol. The van der Waals surface area contributed by atoms with E-state index in [1.165, 1.54) is 24.3 Å². The van der Waals surface area contributed by atoms with Crippen LogP contribution in [0.15, 0.2) is 24.3 Å². The number of nitrogens with two attached hydrogens (primary N) is 3. The monoisotopic (exact) mass is 1340 g/mol. The molecule has 0 unspecified atom stereocenters. The van der Waals surface area contributed by atoms with Crippen LogP contribution in [-0.2, 0) is 73.5 Å². The quantitative estimate of drug-likeness (QED) is 0.0233. The van der Waals surface area contributed by atoms with Crippen LogP contribution in [0.1, 0.15) is 144 Å². The maximum atomic E-state index is 14.3. The Morgan fingerprint density at radius 3 is 1.48 bits per heavy atom. The SMILES string of the molecule is CC[C@H](C)[C@H](NC(=O)[C@H](Cc1ccc(O)cc1)NC(=O)[C@H](CCC(N)=O)NC(=O)[C@@H]1CCCN1C(=O)[C@H](CS)NC(=O)[C@H](CCC(=O)O)NC(=O)[C@@H](NC(=O)[C@H](CCC(=O)O)NC(=O)[C@H](CC(C)C)NC(=O)[C@H](CC(C)C)NC(=O)[C@@H](N)CCCCN)[C@@H](C)O)C(=O)O. The van der Waals surface area contributed by atoms with Crippen molar-refractivity contribution in [3.05, 3.63) is 29.8 Å². The van der Waals surface area contributed by atoms with Crippen molar-refractivity contribution in [1.29, 1.82) is 0 Å². The molecule has 0 saturated carbocycles. The molecule has 1 aliphatic rings. The van der Waals surface area contributed by atoms with Crippen molar-refractivity contribution in [2.75, 3.05) is 18.8 Å². The summed E-state index contributed by atoms with van der Waals surface area (Å²) in [6, 6.07) is -10.9. The lowest BCUT2D eigenvalue weighted by Gasteiger charge is -2.31. The molecule has 1 saturated heterocycles. The molecular weight excluding hydrogens is 1240 g/mol. The molecule has 0 aromatic heterocycles. The number of carbonyl (C=O) groups is 14. The lowest BCUT2D eigenvalue weighted by Crippen LogP contribution is -2.62. The molecule has 0 aliphatic carbocycles. The van der Waals surface area contributed by atoms with Crippen LogP contribution in [-0.4, -0.2) is 205 Å². The van der Waals surface area contributed by atoms with Crippen LogP contribution in [0.5, 0.6) is 5.75 Å². The van der Waals surface area contributed by atoms with Crippen LogP contribution in [0.3, 0.4) is 0 Å². The average molecular weight is 1340 g/mol. The van der Waals surface area contributed by atoms with Crippen LogP contribution in [0.4, 0.5) is 0 Å². The molecule has 1 fully saturated rings. The zero-order valence-electron chi connectivity index (χ0n) is 53.8. The summed E-state index contributed by atoms with van der Waals surface area (Å²) < 4.78 is 0. The minimum absolute atomic E-state index is 0.000792. The Kier molecular flexibility index (Phi) is 35.4. The first-order chi connectivity index (χ1) is 43.6. The fourth-order valence-electron chi connectivity index (χ4n) is 9.93. The van der Waals surface area contributed by atoms with Crippen molar-refractivity contribution < 1.29 is 92.7 Å². The lowest BCUT2D eigenvalue weighted by molar-refractivity contribution is -0.144. The van der Waals surface area contributed by atoms with Gasteiger partial charge in [-0.15, -0.1) is 0 Å². The second-order valence-corrected chi connectivity index (χ2v) is 24.5. The lowest BCUT2D eigenvalue weighted by atomic mass is 9.98. The number of phenolic OH excluding ortho intramolecular Hbond substituents is 1. The van der Waals surface area contributed by atoms with E-state index < -0.39 is 206 Å². The molecular formula is C60H97N13O19S. The maximum Gasteiger partial charge on any atom is 0.326 e. The number of benzene rings is 1. The first-order valence-corrected chi connectivity index (χ1v) is 31.8. The summed E-state index contributed by atoms with van der Waals surface area (Å²) >= 11 is 4.25. The van der Waals surface area contributed by atoms with Gasteiger partial charge in [0.2, 0.25) is 65.0 Å². The van der Waals surface area contributed by atoms with Crippen molar-refractivity contribution in [2.45, 2.75) is 217 Å². The van der Waals surface area contributed by atoms with E-state index in [1.807, 2.05) is 0 Å². The molecule has 1 aromatic carbocycles. The van der Waals surface area contributed by atoms with Gasteiger partial charge in [0.25, 0.3) is 0 Å². The number of likely N-dealkylation sites (tertiary alicyclic amines) is 1. The number of carboxylic acids is 3. The smallest absolute Gasteiger partial charge is 0.326 e. The number of rotatable bonds is 43. The summed E-state index contributed by atoms with van der Waals surface area (Å²) in [6.07, 6.45) is -3.50. The molecule has 0 bridgehead atoms. The van der Waals surface area contributed by atoms with E-state index in [4.69, 9.17) is 17.2 Å². The number of nitrogens with zero attached hydrogens (tertiary/aromatic N) is 1. The molecule has 32 nitrogen and oxygen atoms in total. The number of aliphatic hydroxyl groups excluding tert-OH is 1. The van der Waals surface area contributed by atoms with Gasteiger partial charge in [-0.1, -0.05) is 66.5 Å². The van der Waals surface area contributed by atoms with Gasteiger partial charge in [-0.05, 0) is 107 Å². The number of phenols is 1. The van der Waals surface area contributed by atoms with Gasteiger partial charge < -0.3 is 95.5 Å². The van der Waals surface area contributed by atoms with Gasteiger partial charge in [-0.2, -0.15) is 12.6 Å². The van der Waals surface area contributed by atoms with Crippen molar-refractivity contribution in [3.63, 3.8) is 0 Å². The van der Waals surface area contributed by atoms with E-state index >= 15 is 0 Å². The van der Waals surface area contributed by atoms with Crippen molar-refractivity contribution in [3.8, 4) is 5.75 Å².